The maximum absolute atomic E-state index is 13.0. The Morgan fingerprint density at radius 2 is 1.77 bits per heavy atom. The van der Waals surface area contributed by atoms with Gasteiger partial charge in [0.1, 0.15) is 10.7 Å². The van der Waals surface area contributed by atoms with Crippen LogP contribution < -0.4 is 5.73 Å². The van der Waals surface area contributed by atoms with E-state index in [-0.39, 0.29) is 35.6 Å². The number of imidazole rings is 1. The molecule has 1 aromatic carbocycles. The second kappa shape index (κ2) is 7.29. The molecular formula is C22H24F5N5O2S. The van der Waals surface area contributed by atoms with Gasteiger partial charge >= 0.3 is 10.2 Å². The van der Waals surface area contributed by atoms with Gasteiger partial charge in [0.05, 0.1) is 17.2 Å². The Morgan fingerprint density at radius 1 is 1.09 bits per heavy atom. The zero-order chi connectivity index (χ0) is 25.2. The van der Waals surface area contributed by atoms with Crippen LogP contribution in [0.4, 0.5) is 25.1 Å². The largest absolute Gasteiger partial charge is 0.398 e. The Labute approximate surface area is 197 Å². The van der Waals surface area contributed by atoms with E-state index in [0.29, 0.717) is 50.5 Å². The number of benzene rings is 1. The summed E-state index contributed by atoms with van der Waals surface area (Å²) in [6.07, 6.45) is 3.86. The average Bonchev–Trinajstić information content (AvgIpc) is 3.19. The molecule has 0 spiro atoms. The molecule has 0 atom stereocenters. The third-order valence-corrected chi connectivity index (χ3v) is 8.01. The maximum atomic E-state index is 13.0. The number of H-pyrrole nitrogens is 1. The summed E-state index contributed by atoms with van der Waals surface area (Å²) in [5, 5.41) is 9.57. The van der Waals surface area contributed by atoms with Gasteiger partial charge in [0.25, 0.3) is 5.91 Å². The number of anilines is 1. The van der Waals surface area contributed by atoms with Crippen LogP contribution in [0.2, 0.25) is 0 Å². The molecular weight excluding hydrogens is 493 g/mol. The number of carbonyl (C=O) groups excluding carboxylic acids is 1. The van der Waals surface area contributed by atoms with Crippen molar-refractivity contribution >= 4 is 33.0 Å². The number of nitrogen functional groups attached to an aromatic ring is 1. The number of amides is 1. The van der Waals surface area contributed by atoms with E-state index in [9.17, 15) is 29.3 Å². The van der Waals surface area contributed by atoms with E-state index in [4.69, 9.17) is 5.73 Å². The van der Waals surface area contributed by atoms with E-state index < -0.39 is 26.7 Å². The summed E-state index contributed by atoms with van der Waals surface area (Å²) in [5.41, 5.74) is 7.14. The first-order valence-electron chi connectivity index (χ1n) is 11.1. The van der Waals surface area contributed by atoms with Crippen molar-refractivity contribution in [3.05, 3.63) is 47.4 Å². The normalized spacial score (nSPS) is 23.5. The van der Waals surface area contributed by atoms with Crippen molar-refractivity contribution in [2.45, 2.75) is 48.5 Å². The van der Waals surface area contributed by atoms with Gasteiger partial charge in [-0.2, -0.15) is 0 Å². The number of aromatic nitrogens is 3. The minimum absolute atomic E-state index is 0.0951. The summed E-state index contributed by atoms with van der Waals surface area (Å²) >= 11 is 0. The molecule has 1 amide bonds. The van der Waals surface area contributed by atoms with Crippen molar-refractivity contribution in [1.29, 1.82) is 0 Å². The number of nitrogens with one attached hydrogen (secondary N) is 1. The molecule has 5 rings (SSSR count). The lowest BCUT2D eigenvalue weighted by atomic mass is 9.82. The van der Waals surface area contributed by atoms with Crippen molar-refractivity contribution in [2.75, 3.05) is 18.8 Å². The van der Waals surface area contributed by atoms with Gasteiger partial charge < -0.3 is 20.7 Å². The molecule has 1 saturated heterocycles. The number of nitrogens with two attached hydrogens (primary N) is 1. The highest BCUT2D eigenvalue weighted by Crippen LogP contribution is 3.02. The van der Waals surface area contributed by atoms with Crippen molar-refractivity contribution in [2.24, 2.45) is 0 Å². The lowest BCUT2D eigenvalue weighted by Crippen LogP contribution is -2.38. The van der Waals surface area contributed by atoms with Crippen LogP contribution in [0.25, 0.3) is 11.2 Å². The third-order valence-electron chi connectivity index (χ3n) is 6.86. The van der Waals surface area contributed by atoms with E-state index in [0.717, 1.165) is 16.9 Å². The van der Waals surface area contributed by atoms with Gasteiger partial charge in [-0.3, -0.25) is 4.79 Å². The number of aromatic amines is 1. The number of nitrogens with zero attached hydrogens (tertiary/aromatic N) is 3. The number of carbonyl (C=O) groups is 1. The van der Waals surface area contributed by atoms with Crippen LogP contribution in [0.15, 0.2) is 35.4 Å². The van der Waals surface area contributed by atoms with Gasteiger partial charge in [-0.15, -0.1) is 0 Å². The highest BCUT2D eigenvalue weighted by molar-refractivity contribution is 8.45. The van der Waals surface area contributed by atoms with Gasteiger partial charge in [0, 0.05) is 30.9 Å². The molecule has 2 fully saturated rings. The molecule has 1 saturated carbocycles. The SMILES string of the molecule is Nc1cc(S(F)(F)(F)(F)F)ccc1C(=O)N1CCC(c2ccnc3nc(C4CC(O)C4)[nH]c23)CC1. The molecule has 1 aliphatic heterocycles. The van der Waals surface area contributed by atoms with E-state index in [1.807, 2.05) is 6.07 Å². The molecule has 4 N–H and O–H groups in total. The lowest BCUT2D eigenvalue weighted by Gasteiger charge is -2.40. The summed E-state index contributed by atoms with van der Waals surface area (Å²) in [5.74, 6) is 0.463. The Bertz CT molecular complexity index is 1320. The number of halogens is 5. The van der Waals surface area contributed by atoms with Crippen LogP contribution in [-0.4, -0.2) is 50.1 Å². The molecule has 3 heterocycles. The molecule has 2 aliphatic rings. The van der Waals surface area contributed by atoms with E-state index >= 15 is 0 Å². The molecule has 0 unspecified atom stereocenters. The first-order valence-corrected chi connectivity index (χ1v) is 13.1. The quantitative estimate of drug-likeness (QED) is 0.315. The summed E-state index contributed by atoms with van der Waals surface area (Å²) in [7, 11) is -9.88. The Morgan fingerprint density at radius 3 is 2.37 bits per heavy atom. The Balaban J connectivity index is 1.30. The number of rotatable bonds is 4. The minimum Gasteiger partial charge on any atom is -0.398 e. The van der Waals surface area contributed by atoms with Crippen molar-refractivity contribution in [3.8, 4) is 0 Å². The molecule has 35 heavy (non-hydrogen) atoms. The summed E-state index contributed by atoms with van der Waals surface area (Å²) < 4.78 is 65.2. The maximum Gasteiger partial charge on any atom is 0.310 e. The van der Waals surface area contributed by atoms with Gasteiger partial charge in [-0.25, -0.2) is 9.97 Å². The van der Waals surface area contributed by atoms with Crippen LogP contribution in [0.5, 0.6) is 0 Å². The number of likely N-dealkylation sites (tertiary alicyclic amines) is 1. The van der Waals surface area contributed by atoms with Gasteiger partial charge in [0.2, 0.25) is 0 Å². The average molecular weight is 518 g/mol. The van der Waals surface area contributed by atoms with E-state index in [1.54, 1.807) is 6.20 Å². The standard InChI is InChI=1S/C22H24F5N5O2S/c23-35(24,25,26,27)15-1-2-17(18(28)11-15)22(34)32-7-4-12(5-8-32)16-3-6-29-21-19(16)30-20(31-21)13-9-14(33)10-13/h1-3,6,11-14,33H,4-5,7-10,28H2,(H,29,30,31). The Hall–Kier alpha value is -2.93. The van der Waals surface area contributed by atoms with Crippen LogP contribution in [-0.2, 0) is 0 Å². The fourth-order valence-corrected chi connectivity index (χ4v) is 5.51. The predicted molar refractivity (Wildman–Crippen MR) is 122 cm³/mol. The monoisotopic (exact) mass is 517 g/mol. The van der Waals surface area contributed by atoms with E-state index in [1.165, 1.54) is 4.90 Å². The zero-order valence-electron chi connectivity index (χ0n) is 18.4. The number of aliphatic hydroxyl groups excluding tert-OH is 1. The zero-order valence-corrected chi connectivity index (χ0v) is 19.3. The van der Waals surface area contributed by atoms with Gasteiger partial charge in [0.15, 0.2) is 5.65 Å². The van der Waals surface area contributed by atoms with Crippen LogP contribution in [0.3, 0.4) is 0 Å². The van der Waals surface area contributed by atoms with Crippen molar-refractivity contribution in [3.63, 3.8) is 0 Å². The minimum atomic E-state index is -9.88. The van der Waals surface area contributed by atoms with E-state index in [2.05, 4.69) is 15.0 Å². The summed E-state index contributed by atoms with van der Waals surface area (Å²) in [6.45, 7) is 0.651. The lowest BCUT2D eigenvalue weighted by molar-refractivity contribution is 0.0710. The molecule has 13 heteroatoms. The number of fused-ring (bicyclic) bond motifs is 1. The molecule has 7 nitrogen and oxygen atoms in total. The van der Waals surface area contributed by atoms with Gasteiger partial charge in [-0.1, -0.05) is 19.4 Å². The smallest absolute Gasteiger partial charge is 0.310 e. The Kier molecular flexibility index (Phi) is 4.96. The topological polar surface area (TPSA) is 108 Å². The number of piperidine rings is 1. The highest BCUT2D eigenvalue weighted by atomic mass is 32.5. The number of hydrogen-bond acceptors (Lipinski definition) is 5. The first-order chi connectivity index (χ1) is 16.2. The fraction of sp³-hybridized carbons (Fsp3) is 0.409. The highest BCUT2D eigenvalue weighted by Gasteiger charge is 2.65. The number of pyridine rings is 1. The molecule has 0 radical (unpaired) electrons. The number of aliphatic hydroxyl groups is 1. The van der Waals surface area contributed by atoms with Crippen LogP contribution in [0, 0.1) is 0 Å². The molecule has 1 aliphatic carbocycles. The van der Waals surface area contributed by atoms with Gasteiger partial charge in [-0.05, 0) is 61.4 Å². The molecule has 3 aromatic rings. The number of hydrogen-bond donors (Lipinski definition) is 3. The second-order valence-corrected chi connectivity index (χ2v) is 11.7. The molecule has 190 valence electrons. The molecule has 0 bridgehead atoms. The molecule has 2 aromatic heterocycles. The van der Waals surface area contributed by atoms with Crippen molar-refractivity contribution < 1.29 is 29.3 Å². The van der Waals surface area contributed by atoms with Crippen LogP contribution in [0.1, 0.15) is 59.3 Å². The van der Waals surface area contributed by atoms with Crippen molar-refractivity contribution in [1.82, 2.24) is 19.9 Å². The fourth-order valence-electron chi connectivity index (χ4n) is 4.83. The summed E-state index contributed by atoms with van der Waals surface area (Å²) in [6, 6.07) is 2.96. The summed E-state index contributed by atoms with van der Waals surface area (Å²) in [4.78, 5) is 24.5. The second-order valence-electron chi connectivity index (χ2n) is 9.33. The predicted octanol–water partition coefficient (Wildman–Crippen LogP) is 5.46. The first kappa shape index (κ1) is 23.8. The van der Waals surface area contributed by atoms with Crippen LogP contribution >= 0.6 is 10.2 Å². The third kappa shape index (κ3) is 4.54.